The van der Waals surface area contributed by atoms with E-state index in [1.165, 1.54) is 7.05 Å². The summed E-state index contributed by atoms with van der Waals surface area (Å²) in [5, 5.41) is 14.1. The molecule has 1 unspecified atom stereocenters. The number of fused-ring (bicyclic) bond motifs is 1. The van der Waals surface area contributed by atoms with Crippen molar-refractivity contribution in [3.8, 4) is 0 Å². The lowest BCUT2D eigenvalue weighted by molar-refractivity contribution is -0.126. The number of nitrogens with zero attached hydrogens (tertiary/aromatic N) is 3. The van der Waals surface area contributed by atoms with Gasteiger partial charge in [0.05, 0.1) is 25.4 Å². The van der Waals surface area contributed by atoms with E-state index in [2.05, 4.69) is 20.8 Å². The van der Waals surface area contributed by atoms with Crippen molar-refractivity contribution in [3.63, 3.8) is 0 Å². The SMILES string of the molecule is CNC(=O)OCC1CCn2c(nnc2[C@@H](COCc2ccccc2)NC(=O)C(C)(C)N)C1. The van der Waals surface area contributed by atoms with Gasteiger partial charge in [0.25, 0.3) is 0 Å². The predicted octanol–water partition coefficient (Wildman–Crippen LogP) is 1.31. The third-order valence-electron chi connectivity index (χ3n) is 5.34. The van der Waals surface area contributed by atoms with Crippen molar-refractivity contribution in [2.75, 3.05) is 20.3 Å². The second-order valence-electron chi connectivity index (χ2n) is 8.58. The maximum Gasteiger partial charge on any atom is 0.406 e. The zero-order chi connectivity index (χ0) is 23.1. The average molecular weight is 445 g/mol. The van der Waals surface area contributed by atoms with Gasteiger partial charge in [-0.25, -0.2) is 4.79 Å². The number of nitrogens with two attached hydrogens (primary N) is 1. The third kappa shape index (κ3) is 6.27. The van der Waals surface area contributed by atoms with Crippen LogP contribution in [-0.2, 0) is 33.8 Å². The highest BCUT2D eigenvalue weighted by Gasteiger charge is 2.31. The minimum Gasteiger partial charge on any atom is -0.449 e. The molecule has 0 spiro atoms. The van der Waals surface area contributed by atoms with Crippen LogP contribution in [0.4, 0.5) is 4.79 Å². The molecule has 0 bridgehead atoms. The second-order valence-corrected chi connectivity index (χ2v) is 8.58. The van der Waals surface area contributed by atoms with Crippen LogP contribution in [0.1, 0.15) is 43.5 Å². The molecule has 0 saturated carbocycles. The van der Waals surface area contributed by atoms with Gasteiger partial charge in [0, 0.05) is 25.9 Å². The number of ether oxygens (including phenoxy) is 2. The normalized spacial score (nSPS) is 16.7. The van der Waals surface area contributed by atoms with Gasteiger partial charge in [-0.2, -0.15) is 0 Å². The van der Waals surface area contributed by atoms with Gasteiger partial charge in [-0.15, -0.1) is 10.2 Å². The van der Waals surface area contributed by atoms with Crippen molar-refractivity contribution in [2.24, 2.45) is 11.7 Å². The molecule has 1 aromatic carbocycles. The molecule has 2 amide bonds. The van der Waals surface area contributed by atoms with E-state index in [4.69, 9.17) is 15.2 Å². The molecule has 3 rings (SSSR count). The number of aromatic nitrogens is 3. The molecule has 1 aliphatic rings. The van der Waals surface area contributed by atoms with Crippen LogP contribution < -0.4 is 16.4 Å². The van der Waals surface area contributed by atoms with Gasteiger partial charge in [-0.3, -0.25) is 4.79 Å². The summed E-state index contributed by atoms with van der Waals surface area (Å²) in [5.74, 6) is 1.31. The highest BCUT2D eigenvalue weighted by molar-refractivity contribution is 5.85. The molecule has 4 N–H and O–H groups in total. The molecular formula is C22H32N6O4. The van der Waals surface area contributed by atoms with Gasteiger partial charge in [0.15, 0.2) is 5.82 Å². The molecule has 0 radical (unpaired) electrons. The Labute approximate surface area is 187 Å². The Morgan fingerprint density at radius 1 is 1.28 bits per heavy atom. The summed E-state index contributed by atoms with van der Waals surface area (Å²) in [5.41, 5.74) is 5.99. The van der Waals surface area contributed by atoms with E-state index in [0.29, 0.717) is 32.0 Å². The van der Waals surface area contributed by atoms with Crippen LogP contribution in [0, 0.1) is 5.92 Å². The molecule has 10 heteroatoms. The van der Waals surface area contributed by atoms with Gasteiger partial charge >= 0.3 is 6.09 Å². The second kappa shape index (κ2) is 10.6. The van der Waals surface area contributed by atoms with Gasteiger partial charge in [0.1, 0.15) is 11.9 Å². The summed E-state index contributed by atoms with van der Waals surface area (Å²) < 4.78 is 13.1. The lowest BCUT2D eigenvalue weighted by atomic mass is 9.98. The van der Waals surface area contributed by atoms with Crippen molar-refractivity contribution in [2.45, 2.75) is 51.4 Å². The molecule has 0 aliphatic carbocycles. The molecule has 2 aromatic rings. The van der Waals surface area contributed by atoms with Gasteiger partial charge < -0.3 is 30.4 Å². The lowest BCUT2D eigenvalue weighted by Crippen LogP contribution is -2.51. The minimum absolute atomic E-state index is 0.169. The molecule has 1 aliphatic heterocycles. The number of alkyl carbamates (subject to hydrolysis) is 1. The maximum atomic E-state index is 12.6. The first-order valence-electron chi connectivity index (χ1n) is 10.8. The zero-order valence-corrected chi connectivity index (χ0v) is 18.8. The zero-order valence-electron chi connectivity index (χ0n) is 18.8. The van der Waals surface area contributed by atoms with Crippen LogP contribution in [0.2, 0.25) is 0 Å². The van der Waals surface area contributed by atoms with Crippen LogP contribution in [0.15, 0.2) is 30.3 Å². The van der Waals surface area contributed by atoms with E-state index in [0.717, 1.165) is 17.8 Å². The molecule has 1 aromatic heterocycles. The van der Waals surface area contributed by atoms with E-state index in [1.807, 2.05) is 34.9 Å². The van der Waals surface area contributed by atoms with Crippen molar-refractivity contribution >= 4 is 12.0 Å². The Morgan fingerprint density at radius 2 is 2.03 bits per heavy atom. The Kier molecular flexibility index (Phi) is 7.81. The van der Waals surface area contributed by atoms with Crippen molar-refractivity contribution in [1.82, 2.24) is 25.4 Å². The molecule has 10 nitrogen and oxygen atoms in total. The summed E-state index contributed by atoms with van der Waals surface area (Å²) in [6.45, 7) is 4.94. The maximum absolute atomic E-state index is 12.6. The van der Waals surface area contributed by atoms with Gasteiger partial charge in [0.2, 0.25) is 5.91 Å². The quantitative estimate of drug-likeness (QED) is 0.531. The average Bonchev–Trinajstić information content (AvgIpc) is 3.20. The number of benzene rings is 1. The van der Waals surface area contributed by atoms with Gasteiger partial charge in [-0.05, 0) is 25.8 Å². The smallest absolute Gasteiger partial charge is 0.406 e. The van der Waals surface area contributed by atoms with Crippen molar-refractivity contribution in [1.29, 1.82) is 0 Å². The minimum atomic E-state index is -1.04. The molecule has 32 heavy (non-hydrogen) atoms. The van der Waals surface area contributed by atoms with Crippen LogP contribution in [0.3, 0.4) is 0 Å². The highest BCUT2D eigenvalue weighted by Crippen LogP contribution is 2.24. The molecule has 0 fully saturated rings. The predicted molar refractivity (Wildman–Crippen MR) is 117 cm³/mol. The van der Waals surface area contributed by atoms with E-state index in [-0.39, 0.29) is 18.4 Å². The number of hydrogen-bond acceptors (Lipinski definition) is 7. The molecule has 0 saturated heterocycles. The van der Waals surface area contributed by atoms with Crippen LogP contribution >= 0.6 is 0 Å². The van der Waals surface area contributed by atoms with Crippen LogP contribution in [0.5, 0.6) is 0 Å². The Morgan fingerprint density at radius 3 is 2.72 bits per heavy atom. The number of nitrogens with one attached hydrogen (secondary N) is 2. The third-order valence-corrected chi connectivity index (χ3v) is 5.34. The fraction of sp³-hybridized carbons (Fsp3) is 0.545. The Hall–Kier alpha value is -2.98. The number of carbonyl (C=O) groups excluding carboxylic acids is 2. The first-order valence-corrected chi connectivity index (χ1v) is 10.8. The number of hydrogen-bond donors (Lipinski definition) is 3. The monoisotopic (exact) mass is 444 g/mol. The topological polar surface area (TPSA) is 133 Å². The summed E-state index contributed by atoms with van der Waals surface area (Å²) >= 11 is 0. The van der Waals surface area contributed by atoms with Crippen molar-refractivity contribution < 1.29 is 19.1 Å². The Balaban J connectivity index is 1.70. The number of carbonyl (C=O) groups is 2. The first-order chi connectivity index (χ1) is 15.3. The Bertz CT molecular complexity index is 909. The summed E-state index contributed by atoms with van der Waals surface area (Å²) in [7, 11) is 1.53. The molecule has 2 heterocycles. The highest BCUT2D eigenvalue weighted by atomic mass is 16.5. The van der Waals surface area contributed by atoms with E-state index in [1.54, 1.807) is 13.8 Å². The standard InChI is InChI=1S/C22H32N6O4/c1-22(2,23)20(29)25-17(14-31-12-15-7-5-4-6-8-15)19-27-26-18-11-16(9-10-28(18)19)13-32-21(30)24-3/h4-8,16-17H,9-14,23H2,1-3H3,(H,24,30)(H,25,29)/t16?,17-/m1/s1. The lowest BCUT2D eigenvalue weighted by Gasteiger charge is -2.27. The van der Waals surface area contributed by atoms with Crippen molar-refractivity contribution in [3.05, 3.63) is 47.5 Å². The number of amides is 2. The summed E-state index contributed by atoms with van der Waals surface area (Å²) in [6, 6.07) is 9.33. The van der Waals surface area contributed by atoms with Gasteiger partial charge in [-0.1, -0.05) is 30.3 Å². The number of rotatable bonds is 9. The molecule has 2 atom stereocenters. The first kappa shape index (κ1) is 23.7. The van der Waals surface area contributed by atoms with E-state index in [9.17, 15) is 9.59 Å². The summed E-state index contributed by atoms with van der Waals surface area (Å²) in [4.78, 5) is 23.9. The molecule has 174 valence electrons. The molecular weight excluding hydrogens is 412 g/mol. The fourth-order valence-electron chi connectivity index (χ4n) is 3.48. The van der Waals surface area contributed by atoms with E-state index >= 15 is 0 Å². The largest absolute Gasteiger partial charge is 0.449 e. The van der Waals surface area contributed by atoms with Crippen LogP contribution in [-0.4, -0.2) is 52.6 Å². The fourth-order valence-corrected chi connectivity index (χ4v) is 3.48. The van der Waals surface area contributed by atoms with E-state index < -0.39 is 17.7 Å². The summed E-state index contributed by atoms with van der Waals surface area (Å²) in [6.07, 6.45) is 1.00. The van der Waals surface area contributed by atoms with Crippen LogP contribution in [0.25, 0.3) is 0 Å².